The molecule has 0 radical (unpaired) electrons. The Morgan fingerprint density at radius 2 is 1.30 bits per heavy atom. The molecule has 1 heterocycles. The van der Waals surface area contributed by atoms with Crippen molar-refractivity contribution < 1.29 is 39.6 Å². The molecule has 0 spiro atoms. The summed E-state index contributed by atoms with van der Waals surface area (Å²) >= 11 is 0. The minimum Gasteiger partial charge on any atom is -0.340 e. The lowest BCUT2D eigenvalue weighted by Crippen LogP contribution is -2.51. The number of sulfonamides is 1. The van der Waals surface area contributed by atoms with Gasteiger partial charge in [0.15, 0.2) is 0 Å². The molecule has 1 aliphatic heterocycles. The van der Waals surface area contributed by atoms with Gasteiger partial charge in [0.2, 0.25) is 15.9 Å². The van der Waals surface area contributed by atoms with Crippen LogP contribution in [0.1, 0.15) is 36.8 Å². The summed E-state index contributed by atoms with van der Waals surface area (Å²) in [5, 5.41) is 0. The third-order valence-corrected chi connectivity index (χ3v) is 7.33. The zero-order valence-electron chi connectivity index (χ0n) is 15.8. The molecule has 1 aliphatic carbocycles. The first-order chi connectivity index (χ1) is 13.8. The van der Waals surface area contributed by atoms with Crippen molar-refractivity contribution in [2.24, 2.45) is 5.92 Å². The second kappa shape index (κ2) is 8.03. The van der Waals surface area contributed by atoms with Crippen molar-refractivity contribution in [3.63, 3.8) is 0 Å². The summed E-state index contributed by atoms with van der Waals surface area (Å²) < 4.78 is 105. The number of rotatable bonds is 3. The monoisotopic (exact) mass is 458 g/mol. The van der Waals surface area contributed by atoms with E-state index in [1.807, 2.05) is 0 Å². The fraction of sp³-hybridized carbons (Fsp3) is 0.611. The van der Waals surface area contributed by atoms with E-state index >= 15 is 0 Å². The largest absolute Gasteiger partial charge is 0.416 e. The first-order valence-electron chi connectivity index (χ1n) is 9.38. The number of hydrogen-bond acceptors (Lipinski definition) is 3. The molecule has 1 aromatic rings. The molecule has 1 amide bonds. The maximum Gasteiger partial charge on any atom is 0.416 e. The van der Waals surface area contributed by atoms with E-state index in [4.69, 9.17) is 0 Å². The van der Waals surface area contributed by atoms with Crippen LogP contribution in [0.5, 0.6) is 0 Å². The highest BCUT2D eigenvalue weighted by molar-refractivity contribution is 7.89. The van der Waals surface area contributed by atoms with E-state index in [0.29, 0.717) is 0 Å². The Morgan fingerprint density at radius 1 is 0.833 bits per heavy atom. The van der Waals surface area contributed by atoms with Crippen LogP contribution in [-0.2, 0) is 27.2 Å². The number of benzene rings is 1. The van der Waals surface area contributed by atoms with Crippen LogP contribution in [0.15, 0.2) is 23.1 Å². The third kappa shape index (κ3) is 4.74. The van der Waals surface area contributed by atoms with Crippen molar-refractivity contribution in [1.29, 1.82) is 0 Å². The first-order valence-corrected chi connectivity index (χ1v) is 10.8. The van der Waals surface area contributed by atoms with Crippen molar-refractivity contribution in [2.45, 2.75) is 42.9 Å². The van der Waals surface area contributed by atoms with Crippen LogP contribution < -0.4 is 0 Å². The first kappa shape index (κ1) is 22.9. The molecule has 0 bridgehead atoms. The van der Waals surface area contributed by atoms with Crippen LogP contribution >= 0.6 is 0 Å². The Kier molecular flexibility index (Phi) is 6.11. The lowest BCUT2D eigenvalue weighted by atomic mass is 10.1. The predicted octanol–water partition coefficient (Wildman–Crippen LogP) is 3.75. The van der Waals surface area contributed by atoms with Gasteiger partial charge >= 0.3 is 12.4 Å². The van der Waals surface area contributed by atoms with Gasteiger partial charge in [0.25, 0.3) is 0 Å². The van der Waals surface area contributed by atoms with Crippen LogP contribution in [0.2, 0.25) is 0 Å². The van der Waals surface area contributed by atoms with Crippen molar-refractivity contribution in [3.8, 4) is 0 Å². The van der Waals surface area contributed by atoms with E-state index in [0.717, 1.165) is 30.0 Å². The standard InChI is InChI=1S/C18H20F6N2O3S/c19-17(20,21)13-9-14(18(22,23)24)11-15(10-13)30(28,29)26-7-5-25(6-8-26)16(27)12-3-1-2-4-12/h9-12H,1-8H2. The Morgan fingerprint density at radius 3 is 1.73 bits per heavy atom. The highest BCUT2D eigenvalue weighted by atomic mass is 32.2. The fourth-order valence-corrected chi connectivity index (χ4v) is 5.30. The van der Waals surface area contributed by atoms with Crippen LogP contribution in [0.3, 0.4) is 0 Å². The van der Waals surface area contributed by atoms with Crippen LogP contribution in [0.25, 0.3) is 0 Å². The molecule has 0 aromatic heterocycles. The van der Waals surface area contributed by atoms with E-state index in [2.05, 4.69) is 0 Å². The van der Waals surface area contributed by atoms with E-state index in [1.54, 1.807) is 0 Å². The van der Waals surface area contributed by atoms with Crippen molar-refractivity contribution in [1.82, 2.24) is 9.21 Å². The zero-order chi connectivity index (χ0) is 22.3. The normalized spacial score (nSPS) is 20.0. The molecule has 12 heteroatoms. The Bertz CT molecular complexity index is 867. The van der Waals surface area contributed by atoms with Crippen LogP contribution in [0, 0.1) is 5.92 Å². The quantitative estimate of drug-likeness (QED) is 0.649. The number of carbonyl (C=O) groups is 1. The van der Waals surface area contributed by atoms with E-state index in [-0.39, 0.29) is 56.2 Å². The summed E-state index contributed by atoms with van der Waals surface area (Å²) in [5.41, 5.74) is -3.38. The summed E-state index contributed by atoms with van der Waals surface area (Å²) in [7, 11) is -4.60. The summed E-state index contributed by atoms with van der Waals surface area (Å²) in [6.45, 7) is -0.309. The average Bonchev–Trinajstić information content (AvgIpc) is 3.20. The van der Waals surface area contributed by atoms with Crippen molar-refractivity contribution >= 4 is 15.9 Å². The maximum atomic E-state index is 13.0. The molecule has 0 atom stereocenters. The second-order valence-electron chi connectivity index (χ2n) is 7.45. The fourth-order valence-electron chi connectivity index (χ4n) is 3.80. The number of alkyl halides is 6. The smallest absolute Gasteiger partial charge is 0.340 e. The molecule has 30 heavy (non-hydrogen) atoms. The minimum absolute atomic E-state index is 0.0413. The average molecular weight is 458 g/mol. The van der Waals surface area contributed by atoms with Gasteiger partial charge in [0.1, 0.15) is 0 Å². The molecular weight excluding hydrogens is 438 g/mol. The van der Waals surface area contributed by atoms with Gasteiger partial charge in [-0.3, -0.25) is 4.79 Å². The molecule has 5 nitrogen and oxygen atoms in total. The Hall–Kier alpha value is -1.82. The molecule has 1 saturated heterocycles. The highest BCUT2D eigenvalue weighted by Gasteiger charge is 2.40. The molecule has 0 unspecified atom stereocenters. The number of hydrogen-bond donors (Lipinski definition) is 0. The van der Waals surface area contributed by atoms with Gasteiger partial charge in [-0.1, -0.05) is 12.8 Å². The second-order valence-corrected chi connectivity index (χ2v) is 9.39. The van der Waals surface area contributed by atoms with E-state index in [9.17, 15) is 39.6 Å². The SMILES string of the molecule is O=C(C1CCCC1)N1CCN(S(=O)(=O)c2cc(C(F)(F)F)cc(C(F)(F)F)c2)CC1. The van der Waals surface area contributed by atoms with Crippen LogP contribution in [-0.4, -0.2) is 49.7 Å². The lowest BCUT2D eigenvalue weighted by Gasteiger charge is -2.35. The molecule has 1 saturated carbocycles. The molecule has 3 rings (SSSR count). The summed E-state index contributed by atoms with van der Waals surface area (Å²) in [4.78, 5) is 12.9. The predicted molar refractivity (Wildman–Crippen MR) is 93.7 cm³/mol. The zero-order valence-corrected chi connectivity index (χ0v) is 16.6. The van der Waals surface area contributed by atoms with Gasteiger partial charge in [-0.15, -0.1) is 0 Å². The number of nitrogens with zero attached hydrogens (tertiary/aromatic N) is 2. The van der Waals surface area contributed by atoms with Crippen LogP contribution in [0.4, 0.5) is 26.3 Å². The molecule has 2 fully saturated rings. The van der Waals surface area contributed by atoms with Gasteiger partial charge in [0.05, 0.1) is 16.0 Å². The Balaban J connectivity index is 1.82. The summed E-state index contributed by atoms with van der Waals surface area (Å²) in [5.74, 6) is -0.186. The minimum atomic E-state index is -5.14. The lowest BCUT2D eigenvalue weighted by molar-refractivity contribution is -0.143. The number of piperazine rings is 1. The van der Waals surface area contributed by atoms with Gasteiger partial charge in [-0.2, -0.15) is 30.6 Å². The topological polar surface area (TPSA) is 57.7 Å². The summed E-state index contributed by atoms with van der Waals surface area (Å²) in [6.07, 6.45) is -6.86. The number of carbonyl (C=O) groups excluding carboxylic acids is 1. The van der Waals surface area contributed by atoms with Gasteiger partial charge in [-0.05, 0) is 31.0 Å². The molecular formula is C18H20F6N2O3S. The molecule has 2 aliphatic rings. The van der Waals surface area contributed by atoms with Crippen molar-refractivity contribution in [3.05, 3.63) is 29.3 Å². The summed E-state index contributed by atoms with van der Waals surface area (Å²) in [6, 6.07) is 0.304. The molecule has 0 N–H and O–H groups in total. The van der Waals surface area contributed by atoms with Gasteiger partial charge in [0, 0.05) is 32.1 Å². The van der Waals surface area contributed by atoms with Crippen molar-refractivity contribution in [2.75, 3.05) is 26.2 Å². The van der Waals surface area contributed by atoms with Gasteiger partial charge < -0.3 is 4.90 Å². The third-order valence-electron chi connectivity index (χ3n) is 5.45. The maximum absolute atomic E-state index is 13.0. The molecule has 1 aromatic carbocycles. The van der Waals surface area contributed by atoms with E-state index in [1.165, 1.54) is 4.90 Å². The molecule has 168 valence electrons. The highest BCUT2D eigenvalue weighted by Crippen LogP contribution is 2.38. The van der Waals surface area contributed by atoms with E-state index < -0.39 is 38.4 Å². The Labute approximate surface area is 169 Å². The van der Waals surface area contributed by atoms with Gasteiger partial charge in [-0.25, -0.2) is 8.42 Å². The number of halogens is 6. The number of amides is 1.